The minimum atomic E-state index is -0.362. The maximum atomic E-state index is 14.2. The zero-order chi connectivity index (χ0) is 25.7. The molecular weight excluding hydrogens is 466 g/mol. The number of carbonyl (C=O) groups excluding carboxylic acids is 3. The number of fused-ring (bicyclic) bond motifs is 3. The van der Waals surface area contributed by atoms with Crippen LogP contribution in [0.2, 0.25) is 0 Å². The highest BCUT2D eigenvalue weighted by atomic mass is 16.5. The van der Waals surface area contributed by atoms with Gasteiger partial charge in [0.05, 0.1) is 19.6 Å². The number of methoxy groups -OCH3 is 1. The largest absolute Gasteiger partial charge is 0.469 e. The number of anilines is 1. The molecule has 37 heavy (non-hydrogen) atoms. The summed E-state index contributed by atoms with van der Waals surface area (Å²) in [5, 5.41) is 1.05. The molecule has 2 heterocycles. The summed E-state index contributed by atoms with van der Waals surface area (Å²) in [7, 11) is 3.31. The van der Waals surface area contributed by atoms with Crippen molar-refractivity contribution < 1.29 is 19.1 Å². The predicted molar refractivity (Wildman–Crippen MR) is 141 cm³/mol. The average Bonchev–Trinajstić information content (AvgIpc) is 3.54. The fraction of sp³-hybridized carbons (Fsp3) is 0.433. The van der Waals surface area contributed by atoms with E-state index in [1.165, 1.54) is 7.11 Å². The number of hydrogen-bond donors (Lipinski definition) is 0. The number of para-hydroxylation sites is 2. The summed E-state index contributed by atoms with van der Waals surface area (Å²) in [6.45, 7) is 0. The van der Waals surface area contributed by atoms with Gasteiger partial charge in [0.25, 0.3) is 5.91 Å². The third kappa shape index (κ3) is 4.01. The normalized spacial score (nSPS) is 22.4. The summed E-state index contributed by atoms with van der Waals surface area (Å²) >= 11 is 0. The zero-order valence-corrected chi connectivity index (χ0v) is 21.4. The van der Waals surface area contributed by atoms with Crippen molar-refractivity contribution in [1.82, 2.24) is 9.47 Å². The predicted octanol–water partition coefficient (Wildman–Crippen LogP) is 4.99. The van der Waals surface area contributed by atoms with E-state index in [1.807, 2.05) is 65.0 Å². The van der Waals surface area contributed by atoms with Crippen LogP contribution < -0.4 is 4.90 Å². The quantitative estimate of drug-likeness (QED) is 0.448. The van der Waals surface area contributed by atoms with Crippen LogP contribution in [0.5, 0.6) is 0 Å². The Labute approximate surface area is 217 Å². The molecule has 2 saturated carbocycles. The van der Waals surface area contributed by atoms with E-state index in [0.29, 0.717) is 5.69 Å². The van der Waals surface area contributed by atoms with Gasteiger partial charge in [-0.1, -0.05) is 42.8 Å². The highest BCUT2D eigenvalue weighted by molar-refractivity contribution is 6.09. The smallest absolute Gasteiger partial charge is 0.306 e. The van der Waals surface area contributed by atoms with Crippen molar-refractivity contribution in [3.63, 3.8) is 0 Å². The average molecular weight is 500 g/mol. The summed E-state index contributed by atoms with van der Waals surface area (Å²) in [6.07, 6.45) is 5.12. The number of carbonyl (C=O) groups is 3. The van der Waals surface area contributed by atoms with Crippen LogP contribution in [0.15, 0.2) is 54.6 Å². The van der Waals surface area contributed by atoms with Gasteiger partial charge in [0.1, 0.15) is 5.69 Å². The second-order valence-corrected chi connectivity index (χ2v) is 10.6. The molecule has 3 aromatic rings. The van der Waals surface area contributed by atoms with Crippen molar-refractivity contribution in [1.29, 1.82) is 0 Å². The minimum Gasteiger partial charge on any atom is -0.469 e. The third-order valence-corrected chi connectivity index (χ3v) is 8.47. The Morgan fingerprint density at radius 2 is 1.73 bits per heavy atom. The van der Waals surface area contributed by atoms with Crippen molar-refractivity contribution in [3.8, 4) is 0 Å². The Balaban J connectivity index is 1.41. The molecular formula is C30H33N3O4. The lowest BCUT2D eigenvalue weighted by molar-refractivity contribution is -0.145. The van der Waals surface area contributed by atoms with Gasteiger partial charge >= 0.3 is 5.97 Å². The van der Waals surface area contributed by atoms with Crippen molar-refractivity contribution >= 4 is 34.4 Å². The van der Waals surface area contributed by atoms with Crippen molar-refractivity contribution in [3.05, 3.63) is 65.9 Å². The number of aryl methyl sites for hydroxylation is 1. The van der Waals surface area contributed by atoms with E-state index in [2.05, 4.69) is 11.0 Å². The standard InChI is InChI=1S/C30H33N3O4/c1-31-23-11-5-3-8-19(23)18-26(31)30(36)33-24-12-6-4-9-21(24)29(22-10-7-13-25(22)33)32(20-14-15-20)27(34)16-17-28(35)37-2/h3-6,8-9,11-12,18,20,22,25,29H,7,10,13-17H2,1-2H3. The molecule has 192 valence electrons. The molecule has 7 heteroatoms. The highest BCUT2D eigenvalue weighted by Crippen LogP contribution is 2.53. The maximum Gasteiger partial charge on any atom is 0.306 e. The molecule has 0 spiro atoms. The summed E-state index contributed by atoms with van der Waals surface area (Å²) in [5.74, 6) is -0.182. The first kappa shape index (κ1) is 23.8. The van der Waals surface area contributed by atoms with Gasteiger partial charge in [0.15, 0.2) is 0 Å². The Kier molecular flexibility index (Phi) is 6.01. The minimum absolute atomic E-state index is 0.00631. The lowest BCUT2D eigenvalue weighted by Crippen LogP contribution is -2.53. The van der Waals surface area contributed by atoms with Gasteiger partial charge in [0.2, 0.25) is 5.91 Å². The topological polar surface area (TPSA) is 71.9 Å². The maximum absolute atomic E-state index is 14.2. The molecule has 2 aromatic carbocycles. The fourth-order valence-electron chi connectivity index (χ4n) is 6.64. The van der Waals surface area contributed by atoms with Crippen molar-refractivity contribution in [2.45, 2.75) is 63.1 Å². The van der Waals surface area contributed by atoms with E-state index >= 15 is 0 Å². The number of nitrogens with zero attached hydrogens (tertiary/aromatic N) is 3. The lowest BCUT2D eigenvalue weighted by Gasteiger charge is -2.47. The number of esters is 1. The number of amides is 2. The van der Waals surface area contributed by atoms with Gasteiger partial charge in [-0.05, 0) is 49.4 Å². The summed E-state index contributed by atoms with van der Waals surface area (Å²) in [5.41, 5.74) is 3.65. The number of ether oxygens (including phenoxy) is 1. The Morgan fingerprint density at radius 1 is 0.973 bits per heavy atom. The molecule has 0 radical (unpaired) electrons. The van der Waals surface area contributed by atoms with Gasteiger partial charge in [-0.15, -0.1) is 0 Å². The van der Waals surface area contributed by atoms with Gasteiger partial charge in [-0.2, -0.15) is 0 Å². The fourth-order valence-corrected chi connectivity index (χ4v) is 6.64. The van der Waals surface area contributed by atoms with Gasteiger partial charge < -0.3 is 19.1 Å². The Morgan fingerprint density at radius 3 is 2.49 bits per heavy atom. The molecule has 2 amide bonds. The van der Waals surface area contributed by atoms with E-state index in [4.69, 9.17) is 4.74 Å². The number of benzene rings is 2. The SMILES string of the molecule is COC(=O)CCC(=O)N(C1CC1)C1c2ccccc2N(C(=O)c2cc3ccccc3n2C)C2CCCC21. The van der Waals surface area contributed by atoms with Crippen LogP contribution in [0.4, 0.5) is 5.69 Å². The highest BCUT2D eigenvalue weighted by Gasteiger charge is 2.51. The van der Waals surface area contributed by atoms with Gasteiger partial charge in [-0.25, -0.2) is 0 Å². The molecule has 1 aliphatic heterocycles. The van der Waals surface area contributed by atoms with Crippen molar-refractivity contribution in [2.24, 2.45) is 13.0 Å². The molecule has 3 unspecified atom stereocenters. The third-order valence-electron chi connectivity index (χ3n) is 8.47. The Bertz CT molecular complexity index is 1370. The number of aromatic nitrogens is 1. The molecule has 0 saturated heterocycles. The van der Waals surface area contributed by atoms with Gasteiger partial charge in [0, 0.05) is 48.1 Å². The van der Waals surface area contributed by atoms with E-state index in [-0.39, 0.29) is 54.7 Å². The molecule has 3 atom stereocenters. The monoisotopic (exact) mass is 499 g/mol. The molecule has 0 N–H and O–H groups in total. The molecule has 0 bridgehead atoms. The van der Waals surface area contributed by atoms with Crippen LogP contribution in [0, 0.1) is 5.92 Å². The van der Waals surface area contributed by atoms with Crippen LogP contribution in [0.3, 0.4) is 0 Å². The molecule has 7 nitrogen and oxygen atoms in total. The first-order valence-electron chi connectivity index (χ1n) is 13.3. The molecule has 3 aliphatic rings. The first-order valence-corrected chi connectivity index (χ1v) is 13.3. The van der Waals surface area contributed by atoms with Crippen molar-refractivity contribution in [2.75, 3.05) is 12.0 Å². The van der Waals surface area contributed by atoms with E-state index in [1.54, 1.807) is 0 Å². The second-order valence-electron chi connectivity index (χ2n) is 10.6. The summed E-state index contributed by atoms with van der Waals surface area (Å²) in [6, 6.07) is 18.3. The Hall–Kier alpha value is -3.61. The summed E-state index contributed by atoms with van der Waals surface area (Å²) in [4.78, 5) is 43.7. The summed E-state index contributed by atoms with van der Waals surface area (Å²) < 4.78 is 6.77. The van der Waals surface area contributed by atoms with E-state index < -0.39 is 0 Å². The van der Waals surface area contributed by atoms with Crippen LogP contribution in [-0.2, 0) is 21.4 Å². The zero-order valence-electron chi connectivity index (χ0n) is 21.4. The van der Waals surface area contributed by atoms with Crippen LogP contribution in [0.25, 0.3) is 10.9 Å². The van der Waals surface area contributed by atoms with Crippen LogP contribution in [0.1, 0.15) is 67.0 Å². The first-order chi connectivity index (χ1) is 18.0. The number of rotatable bonds is 6. The van der Waals surface area contributed by atoms with Gasteiger partial charge in [-0.3, -0.25) is 14.4 Å². The van der Waals surface area contributed by atoms with Crippen LogP contribution in [-0.4, -0.2) is 46.4 Å². The second kappa shape index (κ2) is 9.36. The van der Waals surface area contributed by atoms with E-state index in [0.717, 1.165) is 54.3 Å². The van der Waals surface area contributed by atoms with E-state index in [9.17, 15) is 14.4 Å². The number of hydrogen-bond acceptors (Lipinski definition) is 4. The molecule has 2 fully saturated rings. The molecule has 6 rings (SSSR count). The molecule has 1 aromatic heterocycles. The lowest BCUT2D eigenvalue weighted by atomic mass is 9.81. The molecule has 2 aliphatic carbocycles. The van der Waals surface area contributed by atoms with Crippen LogP contribution >= 0.6 is 0 Å².